The molecule has 0 radical (unpaired) electrons. The van der Waals surface area contributed by atoms with Gasteiger partial charge < -0.3 is 20.1 Å². The van der Waals surface area contributed by atoms with Crippen LogP contribution in [0.25, 0.3) is 0 Å². The fourth-order valence-electron chi connectivity index (χ4n) is 14.3. The van der Waals surface area contributed by atoms with Crippen molar-refractivity contribution < 1.29 is 24.9 Å². The van der Waals surface area contributed by atoms with Crippen molar-refractivity contribution in [3.8, 4) is 0 Å². The van der Waals surface area contributed by atoms with Gasteiger partial charge in [0.05, 0.1) is 18.6 Å². The third kappa shape index (κ3) is 2.45. The molecule has 1 aliphatic heterocycles. The van der Waals surface area contributed by atoms with Crippen LogP contribution in [0.2, 0.25) is 0 Å². The smallest absolute Gasteiger partial charge is 0.309 e. The van der Waals surface area contributed by atoms with Crippen LogP contribution in [-0.4, -0.2) is 40.3 Å². The van der Waals surface area contributed by atoms with Crippen LogP contribution < -0.4 is 0 Å². The van der Waals surface area contributed by atoms with E-state index >= 15 is 0 Å². The molecule has 0 unspecified atom stereocenters. The molecule has 7 rings (SSSR count). The molecule has 1 saturated heterocycles. The van der Waals surface area contributed by atoms with E-state index in [-0.39, 0.29) is 45.0 Å². The molecule has 3 N–H and O–H groups in total. The van der Waals surface area contributed by atoms with Gasteiger partial charge in [0.15, 0.2) is 5.79 Å². The maximum absolute atomic E-state index is 12.5. The Bertz CT molecular complexity index is 1080. The van der Waals surface area contributed by atoms with Crippen LogP contribution >= 0.6 is 0 Å². The topological polar surface area (TPSA) is 87.0 Å². The standard InChI is InChI=1S/C33H52O5/c1-20-31-10-9-23-28(4)14-13-26(2)11-12-27(3,25(35)36)17-24(26)29(28,5)15-21-7-8-22(16-33(20,37)38-19-31)32(31,18-34)30(21,23)6/h20-24,34,37H,7-19H2,1-6H3,(H,35,36)/t20-,21+,22+,23-,24-,26-,27-,28-,29+,30-,31+,32+,33+/m1/s1. The Morgan fingerprint density at radius 1 is 0.842 bits per heavy atom. The largest absolute Gasteiger partial charge is 0.481 e. The summed E-state index contributed by atoms with van der Waals surface area (Å²) < 4.78 is 6.31. The minimum absolute atomic E-state index is 0.00102. The third-order valence-electron chi connectivity index (χ3n) is 16.7. The Balaban J connectivity index is 1.38. The molecular formula is C33H52O5. The van der Waals surface area contributed by atoms with Crippen LogP contribution in [0.4, 0.5) is 0 Å². The van der Waals surface area contributed by atoms with Crippen molar-refractivity contribution in [1.82, 2.24) is 0 Å². The Morgan fingerprint density at radius 2 is 1.53 bits per heavy atom. The molecular weight excluding hydrogens is 476 g/mol. The van der Waals surface area contributed by atoms with Crippen molar-refractivity contribution in [3.63, 3.8) is 0 Å². The summed E-state index contributed by atoms with van der Waals surface area (Å²) >= 11 is 0. The van der Waals surface area contributed by atoms with E-state index < -0.39 is 17.2 Å². The van der Waals surface area contributed by atoms with Crippen molar-refractivity contribution in [3.05, 3.63) is 0 Å². The van der Waals surface area contributed by atoms with Crippen LogP contribution in [0.3, 0.4) is 0 Å². The number of carbonyl (C=O) groups is 1. The van der Waals surface area contributed by atoms with Crippen molar-refractivity contribution in [1.29, 1.82) is 0 Å². The zero-order valence-electron chi connectivity index (χ0n) is 24.7. The number of aliphatic hydroxyl groups excluding tert-OH is 1. The molecule has 0 aromatic rings. The first-order valence-electron chi connectivity index (χ1n) is 15.8. The van der Waals surface area contributed by atoms with E-state index in [9.17, 15) is 20.1 Å². The van der Waals surface area contributed by atoms with E-state index in [4.69, 9.17) is 4.74 Å². The molecule has 5 nitrogen and oxygen atoms in total. The summed E-state index contributed by atoms with van der Waals surface area (Å²) in [5.74, 6) is 0.124. The van der Waals surface area contributed by atoms with Crippen molar-refractivity contribution in [2.75, 3.05) is 13.2 Å². The SMILES string of the molecule is C[C@@H]1[C@]23CC[C@H]4[C@@]5(C)[C@@H](CC[C@@H](C[C@]1(O)OC2)[C@]35CO)C[C@@]1(C)[C@@H]2C[C@](C)(C(=O)O)CC[C@]2(C)CC[C@]41C. The van der Waals surface area contributed by atoms with Gasteiger partial charge in [-0.15, -0.1) is 0 Å². The quantitative estimate of drug-likeness (QED) is 0.394. The zero-order chi connectivity index (χ0) is 27.4. The van der Waals surface area contributed by atoms with E-state index in [1.165, 1.54) is 12.8 Å². The fraction of sp³-hybridized carbons (Fsp3) is 0.970. The molecule has 38 heavy (non-hydrogen) atoms. The van der Waals surface area contributed by atoms with Gasteiger partial charge in [0.25, 0.3) is 0 Å². The number of aliphatic carboxylic acids is 1. The first kappa shape index (κ1) is 26.3. The number of aliphatic hydroxyl groups is 2. The normalized spacial score (nSPS) is 64.4. The summed E-state index contributed by atoms with van der Waals surface area (Å²) in [6.07, 6.45) is 11.2. The molecule has 6 saturated carbocycles. The van der Waals surface area contributed by atoms with Gasteiger partial charge in [-0.2, -0.15) is 0 Å². The van der Waals surface area contributed by atoms with Crippen molar-refractivity contribution in [2.24, 2.45) is 67.5 Å². The van der Waals surface area contributed by atoms with Gasteiger partial charge in [0, 0.05) is 23.2 Å². The maximum Gasteiger partial charge on any atom is 0.309 e. The average Bonchev–Trinajstić information content (AvgIpc) is 3.03. The summed E-state index contributed by atoms with van der Waals surface area (Å²) in [5, 5.41) is 33.5. The van der Waals surface area contributed by atoms with E-state index in [0.29, 0.717) is 36.7 Å². The second kappa shape index (κ2) is 7.21. The van der Waals surface area contributed by atoms with Gasteiger partial charge in [-0.25, -0.2) is 0 Å². The molecule has 6 aliphatic carbocycles. The van der Waals surface area contributed by atoms with Crippen LogP contribution in [0, 0.1) is 67.5 Å². The predicted molar refractivity (Wildman–Crippen MR) is 145 cm³/mol. The first-order valence-corrected chi connectivity index (χ1v) is 15.8. The lowest BCUT2D eigenvalue weighted by Crippen LogP contribution is -2.78. The highest BCUT2D eigenvalue weighted by Crippen LogP contribution is 2.86. The highest BCUT2D eigenvalue weighted by atomic mass is 16.6. The predicted octanol–water partition coefficient (Wildman–Crippen LogP) is 6.26. The molecule has 0 aromatic heterocycles. The lowest BCUT2D eigenvalue weighted by Gasteiger charge is -2.81. The molecule has 7 aliphatic rings. The highest BCUT2D eigenvalue weighted by molar-refractivity contribution is 5.74. The Labute approximate surface area is 229 Å². The van der Waals surface area contributed by atoms with Gasteiger partial charge in [0.2, 0.25) is 0 Å². The van der Waals surface area contributed by atoms with E-state index in [1.807, 2.05) is 6.92 Å². The van der Waals surface area contributed by atoms with Crippen LogP contribution in [0.5, 0.6) is 0 Å². The summed E-state index contributed by atoms with van der Waals surface area (Å²) in [6.45, 7) is 15.2. The highest BCUT2D eigenvalue weighted by Gasteiger charge is 2.83. The number of hydrogen-bond donors (Lipinski definition) is 3. The lowest BCUT2D eigenvalue weighted by atomic mass is 9.22. The lowest BCUT2D eigenvalue weighted by molar-refractivity contribution is -0.353. The maximum atomic E-state index is 12.5. The number of rotatable bonds is 2. The van der Waals surface area contributed by atoms with Crippen LogP contribution in [-0.2, 0) is 9.53 Å². The monoisotopic (exact) mass is 528 g/mol. The third-order valence-corrected chi connectivity index (χ3v) is 16.7. The summed E-state index contributed by atoms with van der Waals surface area (Å²) in [6, 6.07) is 0. The van der Waals surface area contributed by atoms with Gasteiger partial charge in [-0.1, -0.05) is 34.6 Å². The minimum atomic E-state index is -1.04. The van der Waals surface area contributed by atoms with Gasteiger partial charge in [0.1, 0.15) is 0 Å². The zero-order valence-corrected chi connectivity index (χ0v) is 24.7. The number of carboxylic acids is 1. The van der Waals surface area contributed by atoms with Crippen LogP contribution in [0.1, 0.15) is 112 Å². The minimum Gasteiger partial charge on any atom is -0.481 e. The van der Waals surface area contributed by atoms with Crippen molar-refractivity contribution in [2.45, 2.75) is 118 Å². The molecule has 1 spiro atoms. The molecule has 2 bridgehead atoms. The average molecular weight is 529 g/mol. The second-order valence-electron chi connectivity index (χ2n) is 17.0. The Morgan fingerprint density at radius 3 is 2.21 bits per heavy atom. The summed E-state index contributed by atoms with van der Waals surface area (Å²) in [7, 11) is 0. The first-order chi connectivity index (χ1) is 17.6. The number of carboxylic acid groups (broad SMARTS) is 1. The summed E-state index contributed by atoms with van der Waals surface area (Å²) in [4.78, 5) is 12.5. The van der Waals surface area contributed by atoms with Gasteiger partial charge in [-0.05, 0) is 116 Å². The molecule has 5 heteroatoms. The number of ether oxygens (including phenoxy) is 1. The number of fused-ring (bicyclic) bond motifs is 5. The molecule has 13 atom stereocenters. The van der Waals surface area contributed by atoms with E-state index in [0.717, 1.165) is 51.4 Å². The molecule has 7 fully saturated rings. The second-order valence-corrected chi connectivity index (χ2v) is 17.0. The number of hydrogen-bond acceptors (Lipinski definition) is 4. The van der Waals surface area contributed by atoms with Gasteiger partial charge in [-0.3, -0.25) is 4.79 Å². The van der Waals surface area contributed by atoms with Gasteiger partial charge >= 0.3 is 5.97 Å². The van der Waals surface area contributed by atoms with Crippen molar-refractivity contribution >= 4 is 5.97 Å². The molecule has 1 heterocycles. The molecule has 0 amide bonds. The Hall–Kier alpha value is -0.650. The Kier molecular flexibility index (Phi) is 4.99. The van der Waals surface area contributed by atoms with E-state index in [1.54, 1.807) is 0 Å². The molecule has 214 valence electrons. The van der Waals surface area contributed by atoms with Crippen LogP contribution in [0.15, 0.2) is 0 Å². The fourth-order valence-corrected chi connectivity index (χ4v) is 14.3. The molecule has 0 aromatic carbocycles. The summed E-state index contributed by atoms with van der Waals surface area (Å²) in [5.41, 5.74) is -0.594. The van der Waals surface area contributed by atoms with E-state index in [2.05, 4.69) is 34.6 Å².